The Hall–Kier alpha value is -1.30. The Morgan fingerprint density at radius 2 is 1.58 bits per heavy atom. The van der Waals surface area contributed by atoms with Crippen molar-refractivity contribution in [3.63, 3.8) is 0 Å². The van der Waals surface area contributed by atoms with E-state index in [-0.39, 0.29) is 18.9 Å². The maximum atomic E-state index is 11.4. The molecule has 6 heteroatoms. The van der Waals surface area contributed by atoms with Gasteiger partial charge in [-0.15, -0.1) is 0 Å². The third-order valence-corrected chi connectivity index (χ3v) is 5.78. The van der Waals surface area contributed by atoms with Gasteiger partial charge in [-0.2, -0.15) is 0 Å². The van der Waals surface area contributed by atoms with Crippen LogP contribution >= 0.6 is 8.15 Å². The van der Waals surface area contributed by atoms with E-state index in [1.807, 2.05) is 30.3 Å². The van der Waals surface area contributed by atoms with Crippen molar-refractivity contribution in [2.24, 2.45) is 0 Å². The average molecular weight is 368 g/mol. The summed E-state index contributed by atoms with van der Waals surface area (Å²) < 4.78 is 17.0. The first-order valence-corrected chi connectivity index (χ1v) is 9.70. The minimum absolute atomic E-state index is 0. The molecule has 1 unspecified atom stereocenters. The van der Waals surface area contributed by atoms with Crippen LogP contribution in [0.3, 0.4) is 0 Å². The molecule has 0 saturated carbocycles. The number of benzene rings is 2. The predicted molar refractivity (Wildman–Crippen MR) is 110 cm³/mol. The summed E-state index contributed by atoms with van der Waals surface area (Å²) in [5.41, 5.74) is 0.419. The summed E-state index contributed by atoms with van der Waals surface area (Å²) in [5, 5.41) is 2.09. The molecule has 0 aliphatic heterocycles. The van der Waals surface area contributed by atoms with Crippen LogP contribution in [0.1, 0.15) is 36.5 Å². The van der Waals surface area contributed by atoms with Crippen molar-refractivity contribution in [2.45, 2.75) is 26.2 Å². The van der Waals surface area contributed by atoms with Crippen molar-refractivity contribution >= 4 is 43.9 Å². The quantitative estimate of drug-likeness (QED) is 0.279. The standard InChI is InChI=1S/C20H25O4P.Li.H/c1-4-5-9-12-24-25(16-10-7-6-8-11-16)17-13-19(22-2)18(15-21)20(14-17)23-3;;/h6-8,10-11,13-15H,4-5,9,12H2,1-3H3;;. The molecule has 0 aromatic heterocycles. The summed E-state index contributed by atoms with van der Waals surface area (Å²) in [7, 11) is 2.10. The Kier molecular flexibility index (Phi) is 10.6. The van der Waals surface area contributed by atoms with Gasteiger partial charge in [-0.3, -0.25) is 4.79 Å². The second-order valence-electron chi connectivity index (χ2n) is 5.55. The number of carbonyl (C=O) groups excluding carboxylic acids is 1. The van der Waals surface area contributed by atoms with Crippen LogP contribution in [0.5, 0.6) is 11.5 Å². The van der Waals surface area contributed by atoms with E-state index >= 15 is 0 Å². The molecular formula is C20H26LiO4P. The number of unbranched alkanes of at least 4 members (excludes halogenated alkanes) is 2. The molecule has 1 atom stereocenters. The zero-order valence-corrected chi connectivity index (χ0v) is 15.9. The van der Waals surface area contributed by atoms with E-state index in [0.29, 0.717) is 23.7 Å². The molecule has 2 aromatic carbocycles. The first-order chi connectivity index (χ1) is 12.2. The first kappa shape index (κ1) is 22.7. The topological polar surface area (TPSA) is 44.8 Å². The molecule has 26 heavy (non-hydrogen) atoms. The van der Waals surface area contributed by atoms with E-state index in [2.05, 4.69) is 19.1 Å². The van der Waals surface area contributed by atoms with Crippen LogP contribution in [0.4, 0.5) is 0 Å². The number of rotatable bonds is 10. The van der Waals surface area contributed by atoms with Crippen LogP contribution in [0, 0.1) is 0 Å². The second kappa shape index (κ2) is 12.2. The molecule has 4 nitrogen and oxygen atoms in total. The summed E-state index contributed by atoms with van der Waals surface area (Å²) in [5.74, 6) is 1.01. The number of aldehydes is 1. The van der Waals surface area contributed by atoms with Gasteiger partial charge in [0.1, 0.15) is 11.5 Å². The minimum atomic E-state index is -1.00. The van der Waals surface area contributed by atoms with Gasteiger partial charge >= 0.3 is 18.9 Å². The van der Waals surface area contributed by atoms with Gasteiger partial charge in [-0.05, 0) is 18.6 Å². The van der Waals surface area contributed by atoms with Gasteiger partial charge in [-0.1, -0.05) is 50.1 Å². The van der Waals surface area contributed by atoms with E-state index < -0.39 is 8.15 Å². The molecule has 0 bridgehead atoms. The average Bonchev–Trinajstić information content (AvgIpc) is 2.67. The molecule has 2 aromatic rings. The first-order valence-electron chi connectivity index (χ1n) is 8.44. The van der Waals surface area contributed by atoms with Crippen LogP contribution in [0.15, 0.2) is 42.5 Å². The Bertz CT molecular complexity index is 654. The molecule has 0 saturated heterocycles. The normalized spacial score (nSPS) is 11.3. The van der Waals surface area contributed by atoms with Crippen LogP contribution in [0.2, 0.25) is 0 Å². The molecule has 0 heterocycles. The van der Waals surface area contributed by atoms with Gasteiger partial charge in [-0.25, -0.2) is 0 Å². The van der Waals surface area contributed by atoms with Crippen LogP contribution in [-0.4, -0.2) is 46.0 Å². The Morgan fingerprint density at radius 3 is 2.08 bits per heavy atom. The third kappa shape index (κ3) is 5.86. The zero-order valence-electron chi connectivity index (χ0n) is 15.0. The Morgan fingerprint density at radius 1 is 0.962 bits per heavy atom. The molecule has 0 amide bonds. The predicted octanol–water partition coefficient (Wildman–Crippen LogP) is 3.42. The van der Waals surface area contributed by atoms with Crippen LogP contribution < -0.4 is 20.1 Å². The van der Waals surface area contributed by atoms with E-state index in [1.54, 1.807) is 14.2 Å². The summed E-state index contributed by atoms with van der Waals surface area (Å²) in [6, 6.07) is 13.9. The second-order valence-corrected chi connectivity index (χ2v) is 7.43. The monoisotopic (exact) mass is 368 g/mol. The molecule has 0 spiro atoms. The summed E-state index contributed by atoms with van der Waals surface area (Å²) in [6.45, 7) is 2.88. The van der Waals surface area contributed by atoms with E-state index in [1.165, 1.54) is 0 Å². The molecule has 136 valence electrons. The Labute approximate surface area is 169 Å². The summed E-state index contributed by atoms with van der Waals surface area (Å²) >= 11 is 0. The molecule has 0 aliphatic rings. The number of ether oxygens (including phenoxy) is 2. The van der Waals surface area contributed by atoms with Crippen molar-refractivity contribution in [1.29, 1.82) is 0 Å². The van der Waals surface area contributed by atoms with Crippen LogP contribution in [-0.2, 0) is 4.52 Å². The maximum absolute atomic E-state index is 11.4. The van der Waals surface area contributed by atoms with Gasteiger partial charge in [0.15, 0.2) is 6.29 Å². The number of hydrogen-bond donors (Lipinski definition) is 0. The van der Waals surface area contributed by atoms with Gasteiger partial charge in [0.05, 0.1) is 34.5 Å². The van der Waals surface area contributed by atoms with Gasteiger partial charge in [0.25, 0.3) is 0 Å². The summed E-state index contributed by atoms with van der Waals surface area (Å²) in [4.78, 5) is 11.4. The fourth-order valence-corrected chi connectivity index (χ4v) is 4.35. The molecule has 0 aliphatic carbocycles. The zero-order chi connectivity index (χ0) is 18.1. The third-order valence-electron chi connectivity index (χ3n) is 3.84. The van der Waals surface area contributed by atoms with Crippen molar-refractivity contribution in [3.8, 4) is 11.5 Å². The molecule has 0 N–H and O–H groups in total. The van der Waals surface area contributed by atoms with Gasteiger partial charge < -0.3 is 14.0 Å². The number of carbonyl (C=O) groups is 1. The SMILES string of the molecule is CCCCCOP(c1ccccc1)c1cc(OC)c(C=O)c(OC)c1.[LiH]. The van der Waals surface area contributed by atoms with Crippen molar-refractivity contribution in [1.82, 2.24) is 0 Å². The van der Waals surface area contributed by atoms with Crippen molar-refractivity contribution in [3.05, 3.63) is 48.0 Å². The van der Waals surface area contributed by atoms with Crippen LogP contribution in [0.25, 0.3) is 0 Å². The van der Waals surface area contributed by atoms with E-state index in [4.69, 9.17) is 14.0 Å². The number of methoxy groups -OCH3 is 2. The summed E-state index contributed by atoms with van der Waals surface area (Å²) in [6.07, 6.45) is 4.09. The molecule has 2 rings (SSSR count). The van der Waals surface area contributed by atoms with E-state index in [0.717, 1.165) is 36.2 Å². The van der Waals surface area contributed by atoms with Gasteiger partial charge in [0.2, 0.25) is 0 Å². The van der Waals surface area contributed by atoms with Crippen molar-refractivity contribution < 1.29 is 18.8 Å². The van der Waals surface area contributed by atoms with Crippen molar-refractivity contribution in [2.75, 3.05) is 20.8 Å². The van der Waals surface area contributed by atoms with E-state index in [9.17, 15) is 4.79 Å². The fraction of sp³-hybridized carbons (Fsp3) is 0.350. The number of hydrogen-bond acceptors (Lipinski definition) is 4. The molecule has 0 radical (unpaired) electrons. The Balaban J connectivity index is 0.00000338. The molecular weight excluding hydrogens is 342 g/mol. The fourth-order valence-electron chi connectivity index (χ4n) is 2.53. The van der Waals surface area contributed by atoms with Gasteiger partial charge in [0, 0.05) is 10.6 Å². The molecule has 0 fully saturated rings.